The molecule has 34 heavy (non-hydrogen) atoms. The number of benzene rings is 3. The molecule has 1 N–H and O–H groups in total. The average molecular weight is 498 g/mol. The van der Waals surface area contributed by atoms with Crippen LogP contribution in [0.5, 0.6) is 0 Å². The number of sulfonamides is 1. The summed E-state index contributed by atoms with van der Waals surface area (Å²) in [5.41, 5.74) is 7.25. The minimum atomic E-state index is -3.96. The van der Waals surface area contributed by atoms with Crippen molar-refractivity contribution < 1.29 is 13.2 Å². The molecule has 0 aliphatic carbocycles. The number of carbonyl (C=O) groups is 1. The number of nitrogens with one attached hydrogen (secondary N) is 1. The van der Waals surface area contributed by atoms with Crippen LogP contribution in [0.25, 0.3) is 0 Å². The molecule has 178 valence electrons. The van der Waals surface area contributed by atoms with Gasteiger partial charge in [0.05, 0.1) is 17.7 Å². The first-order chi connectivity index (χ1) is 16.1. The Hall–Kier alpha value is -3.00. The number of halogens is 1. The quantitative estimate of drug-likeness (QED) is 0.354. The molecule has 3 aromatic carbocycles. The van der Waals surface area contributed by atoms with Crippen LogP contribution in [0, 0.1) is 27.7 Å². The van der Waals surface area contributed by atoms with Gasteiger partial charge in [-0.15, -0.1) is 0 Å². The minimum absolute atomic E-state index is 0.0563. The fraction of sp³-hybridized carbons (Fsp3) is 0.231. The Labute approximate surface area is 206 Å². The summed E-state index contributed by atoms with van der Waals surface area (Å²) < 4.78 is 28.6. The first-order valence-electron chi connectivity index (χ1n) is 10.8. The van der Waals surface area contributed by atoms with Gasteiger partial charge in [0.15, 0.2) is 0 Å². The van der Waals surface area contributed by atoms with Gasteiger partial charge in [0.25, 0.3) is 5.91 Å². The van der Waals surface area contributed by atoms with E-state index in [9.17, 15) is 13.2 Å². The van der Waals surface area contributed by atoms with Crippen molar-refractivity contribution in [1.29, 1.82) is 0 Å². The van der Waals surface area contributed by atoms with Crippen LogP contribution in [0.1, 0.15) is 33.4 Å². The lowest BCUT2D eigenvalue weighted by molar-refractivity contribution is -0.121. The third kappa shape index (κ3) is 6.53. The Kier molecular flexibility index (Phi) is 8.25. The fourth-order valence-electron chi connectivity index (χ4n) is 3.79. The van der Waals surface area contributed by atoms with Crippen LogP contribution in [-0.2, 0) is 21.4 Å². The van der Waals surface area contributed by atoms with Gasteiger partial charge in [0, 0.05) is 11.6 Å². The van der Waals surface area contributed by atoms with Gasteiger partial charge >= 0.3 is 0 Å². The second-order valence-corrected chi connectivity index (χ2v) is 10.6. The van der Waals surface area contributed by atoms with E-state index in [0.29, 0.717) is 21.7 Å². The molecule has 0 saturated heterocycles. The van der Waals surface area contributed by atoms with E-state index < -0.39 is 15.9 Å². The van der Waals surface area contributed by atoms with Crippen LogP contribution >= 0.6 is 11.6 Å². The number of amides is 1. The SMILES string of the molecule is Cc1ccc(CN(CC(=O)N/N=C/c2cccc(Cl)c2)S(=O)(=O)c2c(C)cc(C)cc2C)cc1. The van der Waals surface area contributed by atoms with Crippen LogP contribution in [-0.4, -0.2) is 31.4 Å². The van der Waals surface area contributed by atoms with E-state index in [1.807, 2.05) is 50.2 Å². The monoisotopic (exact) mass is 497 g/mol. The maximum atomic E-state index is 13.7. The van der Waals surface area contributed by atoms with E-state index in [2.05, 4.69) is 10.5 Å². The number of aryl methyl sites for hydroxylation is 4. The predicted octanol–water partition coefficient (Wildman–Crippen LogP) is 4.91. The molecule has 0 fully saturated rings. The third-order valence-corrected chi connectivity index (χ3v) is 7.59. The Morgan fingerprint density at radius 2 is 1.62 bits per heavy atom. The summed E-state index contributed by atoms with van der Waals surface area (Å²) >= 11 is 5.96. The minimum Gasteiger partial charge on any atom is -0.272 e. The Balaban J connectivity index is 1.87. The fourth-order valence-corrected chi connectivity index (χ4v) is 5.78. The zero-order valence-corrected chi connectivity index (χ0v) is 21.2. The lowest BCUT2D eigenvalue weighted by atomic mass is 10.1. The second-order valence-electron chi connectivity index (χ2n) is 8.33. The highest BCUT2D eigenvalue weighted by molar-refractivity contribution is 7.89. The summed E-state index contributed by atoms with van der Waals surface area (Å²) in [4.78, 5) is 12.9. The van der Waals surface area contributed by atoms with Gasteiger partial charge in [-0.3, -0.25) is 4.79 Å². The largest absolute Gasteiger partial charge is 0.272 e. The molecule has 8 heteroatoms. The van der Waals surface area contributed by atoms with Crippen LogP contribution in [0.3, 0.4) is 0 Å². The zero-order chi connectivity index (χ0) is 24.9. The zero-order valence-electron chi connectivity index (χ0n) is 19.7. The van der Waals surface area contributed by atoms with Crippen molar-refractivity contribution in [3.8, 4) is 0 Å². The van der Waals surface area contributed by atoms with E-state index in [0.717, 1.165) is 16.7 Å². The molecular weight excluding hydrogens is 470 g/mol. The molecule has 0 radical (unpaired) electrons. The van der Waals surface area contributed by atoms with Crippen molar-refractivity contribution in [2.75, 3.05) is 6.54 Å². The number of hydrazone groups is 1. The average Bonchev–Trinajstić information content (AvgIpc) is 2.74. The van der Waals surface area contributed by atoms with E-state index in [1.54, 1.807) is 38.1 Å². The number of carbonyl (C=O) groups excluding carboxylic acids is 1. The molecular formula is C26H28ClN3O3S. The van der Waals surface area contributed by atoms with Crippen molar-refractivity contribution in [1.82, 2.24) is 9.73 Å². The standard InChI is InChI=1S/C26H28ClN3O3S/c1-18-8-10-22(11-9-18)16-30(34(32,33)26-20(3)12-19(2)13-21(26)4)17-25(31)29-28-15-23-6-5-7-24(27)14-23/h5-15H,16-17H2,1-4H3,(H,29,31)/b28-15+. The molecule has 1 amide bonds. The molecule has 0 atom stereocenters. The van der Waals surface area contributed by atoms with E-state index in [1.165, 1.54) is 10.5 Å². The van der Waals surface area contributed by atoms with Gasteiger partial charge in [-0.05, 0) is 62.1 Å². The lowest BCUT2D eigenvalue weighted by Crippen LogP contribution is -2.39. The van der Waals surface area contributed by atoms with Crippen molar-refractivity contribution in [2.45, 2.75) is 39.1 Å². The predicted molar refractivity (Wildman–Crippen MR) is 137 cm³/mol. The van der Waals surface area contributed by atoms with E-state index >= 15 is 0 Å². The van der Waals surface area contributed by atoms with Crippen molar-refractivity contribution in [3.05, 3.63) is 99.1 Å². The van der Waals surface area contributed by atoms with E-state index in [-0.39, 0.29) is 18.0 Å². The third-order valence-electron chi connectivity index (χ3n) is 5.25. The van der Waals surface area contributed by atoms with Crippen LogP contribution < -0.4 is 5.43 Å². The smallest absolute Gasteiger partial charge is 0.255 e. The number of nitrogens with zero attached hydrogens (tertiary/aromatic N) is 2. The molecule has 6 nitrogen and oxygen atoms in total. The van der Waals surface area contributed by atoms with Crippen LogP contribution in [0.4, 0.5) is 0 Å². The van der Waals surface area contributed by atoms with Crippen molar-refractivity contribution >= 4 is 33.7 Å². The maximum absolute atomic E-state index is 13.7. The highest BCUT2D eigenvalue weighted by Gasteiger charge is 2.30. The van der Waals surface area contributed by atoms with Crippen molar-refractivity contribution in [3.63, 3.8) is 0 Å². The molecule has 0 unspecified atom stereocenters. The van der Waals surface area contributed by atoms with Gasteiger partial charge in [-0.25, -0.2) is 13.8 Å². The molecule has 0 spiro atoms. The number of hydrogen-bond donors (Lipinski definition) is 1. The molecule has 0 heterocycles. The number of rotatable bonds is 8. The normalized spacial score (nSPS) is 11.8. The molecule has 0 saturated carbocycles. The topological polar surface area (TPSA) is 78.8 Å². The summed E-state index contributed by atoms with van der Waals surface area (Å²) in [7, 11) is -3.96. The molecule has 0 aromatic heterocycles. The Morgan fingerprint density at radius 1 is 0.971 bits per heavy atom. The highest BCUT2D eigenvalue weighted by atomic mass is 35.5. The van der Waals surface area contributed by atoms with Crippen LogP contribution in [0.15, 0.2) is 70.7 Å². The first kappa shape index (κ1) is 25.6. The molecule has 0 aliphatic rings. The van der Waals surface area contributed by atoms with E-state index in [4.69, 9.17) is 11.6 Å². The molecule has 3 rings (SSSR count). The Bertz CT molecular complexity index is 1300. The number of hydrogen-bond acceptors (Lipinski definition) is 4. The summed E-state index contributed by atoms with van der Waals surface area (Å²) in [5.74, 6) is -0.545. The molecule has 3 aromatic rings. The maximum Gasteiger partial charge on any atom is 0.255 e. The second kappa shape index (κ2) is 11.0. The van der Waals surface area contributed by atoms with Gasteiger partial charge in [0.1, 0.15) is 0 Å². The Morgan fingerprint density at radius 3 is 2.24 bits per heavy atom. The van der Waals surface area contributed by atoms with Gasteiger partial charge in [-0.2, -0.15) is 9.41 Å². The highest BCUT2D eigenvalue weighted by Crippen LogP contribution is 2.26. The van der Waals surface area contributed by atoms with Gasteiger partial charge in [0.2, 0.25) is 10.0 Å². The summed E-state index contributed by atoms with van der Waals surface area (Å²) in [6.45, 7) is 7.10. The summed E-state index contributed by atoms with van der Waals surface area (Å²) in [6, 6.07) is 18.2. The van der Waals surface area contributed by atoms with Gasteiger partial charge in [-0.1, -0.05) is 71.3 Å². The summed E-state index contributed by atoms with van der Waals surface area (Å²) in [5, 5.41) is 4.50. The van der Waals surface area contributed by atoms with Gasteiger partial charge < -0.3 is 0 Å². The molecule has 0 aliphatic heterocycles. The van der Waals surface area contributed by atoms with Crippen LogP contribution in [0.2, 0.25) is 5.02 Å². The molecule has 0 bridgehead atoms. The lowest BCUT2D eigenvalue weighted by Gasteiger charge is -2.24. The van der Waals surface area contributed by atoms with Crippen molar-refractivity contribution in [2.24, 2.45) is 5.10 Å². The summed E-state index contributed by atoms with van der Waals surface area (Å²) in [6.07, 6.45) is 1.46. The first-order valence-corrected chi connectivity index (χ1v) is 12.6.